The van der Waals surface area contributed by atoms with E-state index in [1.165, 1.54) is 4.31 Å². The molecule has 0 saturated heterocycles. The van der Waals surface area contributed by atoms with Crippen LogP contribution in [0.25, 0.3) is 0 Å². The third-order valence-corrected chi connectivity index (χ3v) is 4.44. The normalized spacial score (nSPS) is 12.0. The Kier molecular flexibility index (Phi) is 5.11. The molecule has 0 aliphatic carbocycles. The predicted molar refractivity (Wildman–Crippen MR) is 67.3 cm³/mol. The van der Waals surface area contributed by atoms with Crippen LogP contribution in [0.2, 0.25) is 0 Å². The van der Waals surface area contributed by atoms with Gasteiger partial charge in [0.15, 0.2) is 0 Å². The van der Waals surface area contributed by atoms with Crippen molar-refractivity contribution in [3.63, 3.8) is 0 Å². The molecule has 17 heavy (non-hydrogen) atoms. The molecule has 1 N–H and O–H groups in total. The van der Waals surface area contributed by atoms with E-state index in [0.717, 1.165) is 12.0 Å². The van der Waals surface area contributed by atoms with Crippen molar-refractivity contribution in [2.24, 2.45) is 0 Å². The van der Waals surface area contributed by atoms with Gasteiger partial charge in [-0.3, -0.25) is 0 Å². The van der Waals surface area contributed by atoms with Gasteiger partial charge in [0.2, 0.25) is 10.0 Å². The molecule has 0 unspecified atom stereocenters. The summed E-state index contributed by atoms with van der Waals surface area (Å²) in [5.41, 5.74) is 0.935. The lowest BCUT2D eigenvalue weighted by Crippen LogP contribution is -2.27. The van der Waals surface area contributed by atoms with Gasteiger partial charge in [-0.05, 0) is 30.5 Å². The van der Waals surface area contributed by atoms with Gasteiger partial charge in [0, 0.05) is 20.2 Å². The summed E-state index contributed by atoms with van der Waals surface area (Å²) in [5.74, 6) is 0. The van der Waals surface area contributed by atoms with Gasteiger partial charge in [0.25, 0.3) is 0 Å². The molecule has 5 heteroatoms. The number of rotatable bonds is 6. The Labute approximate surface area is 103 Å². The zero-order valence-electron chi connectivity index (χ0n) is 10.3. The lowest BCUT2D eigenvalue weighted by Gasteiger charge is -2.16. The Bertz CT molecular complexity index is 439. The van der Waals surface area contributed by atoms with Crippen molar-refractivity contribution >= 4 is 10.0 Å². The average Bonchev–Trinajstić information content (AvgIpc) is 2.30. The molecule has 0 bridgehead atoms. The Morgan fingerprint density at radius 2 is 1.82 bits per heavy atom. The first kappa shape index (κ1) is 14.2. The summed E-state index contributed by atoms with van der Waals surface area (Å²) in [6.07, 6.45) is 1.34. The molecule has 0 atom stereocenters. The highest BCUT2D eigenvalue weighted by atomic mass is 32.2. The van der Waals surface area contributed by atoms with Crippen molar-refractivity contribution in [2.75, 3.05) is 20.2 Å². The van der Waals surface area contributed by atoms with Crippen molar-refractivity contribution in [3.8, 4) is 0 Å². The van der Waals surface area contributed by atoms with Crippen molar-refractivity contribution in [1.29, 1.82) is 0 Å². The minimum absolute atomic E-state index is 0.0713. The molecule has 1 aromatic rings. The lowest BCUT2D eigenvalue weighted by atomic mass is 10.2. The first-order valence-electron chi connectivity index (χ1n) is 5.68. The van der Waals surface area contributed by atoms with Gasteiger partial charge in [0.05, 0.1) is 4.90 Å². The summed E-state index contributed by atoms with van der Waals surface area (Å²) in [4.78, 5) is 0.301. The first-order chi connectivity index (χ1) is 8.02. The molecule has 1 aromatic carbocycles. The molecular formula is C12H19NO3S. The Hall–Kier alpha value is -0.910. The topological polar surface area (TPSA) is 57.6 Å². The van der Waals surface area contributed by atoms with Crippen molar-refractivity contribution in [1.82, 2.24) is 4.31 Å². The van der Waals surface area contributed by atoms with E-state index >= 15 is 0 Å². The number of benzene rings is 1. The van der Waals surface area contributed by atoms with Gasteiger partial charge in [-0.25, -0.2) is 12.7 Å². The lowest BCUT2D eigenvalue weighted by molar-refractivity contribution is 0.299. The largest absolute Gasteiger partial charge is 0.396 e. The molecule has 0 saturated carbocycles. The van der Waals surface area contributed by atoms with Gasteiger partial charge in [-0.15, -0.1) is 0 Å². The van der Waals surface area contributed by atoms with Gasteiger partial charge in [-0.1, -0.05) is 19.1 Å². The van der Waals surface area contributed by atoms with E-state index in [-0.39, 0.29) is 6.61 Å². The number of sulfonamides is 1. The van der Waals surface area contributed by atoms with Crippen LogP contribution >= 0.6 is 0 Å². The van der Waals surface area contributed by atoms with E-state index in [9.17, 15) is 8.42 Å². The molecule has 0 aliphatic rings. The van der Waals surface area contributed by atoms with Gasteiger partial charge in [-0.2, -0.15) is 0 Å². The van der Waals surface area contributed by atoms with Crippen LogP contribution < -0.4 is 0 Å². The van der Waals surface area contributed by atoms with Crippen LogP contribution in [0.5, 0.6) is 0 Å². The molecule has 0 radical (unpaired) electrons. The second kappa shape index (κ2) is 6.14. The minimum atomic E-state index is -3.36. The van der Waals surface area contributed by atoms with Crippen LogP contribution in [0, 0.1) is 0 Å². The van der Waals surface area contributed by atoms with Crippen molar-refractivity contribution < 1.29 is 13.5 Å². The minimum Gasteiger partial charge on any atom is -0.396 e. The summed E-state index contributed by atoms with van der Waals surface area (Å²) < 4.78 is 25.5. The summed E-state index contributed by atoms with van der Waals surface area (Å²) in [6.45, 7) is 2.53. The van der Waals surface area contributed by atoms with Crippen LogP contribution in [-0.4, -0.2) is 38.0 Å². The van der Waals surface area contributed by atoms with Gasteiger partial charge < -0.3 is 5.11 Å². The standard InChI is InChI=1S/C12H19NO3S/c1-3-9-13(2)17(15,16)12-6-4-11(5-7-12)8-10-14/h4-7,14H,3,8-10H2,1-2H3. The predicted octanol–water partition coefficient (Wildman–Crippen LogP) is 1.25. The monoisotopic (exact) mass is 257 g/mol. The molecule has 0 spiro atoms. The molecule has 1 rings (SSSR count). The number of nitrogens with zero attached hydrogens (tertiary/aromatic N) is 1. The first-order valence-corrected chi connectivity index (χ1v) is 7.12. The van der Waals surface area contributed by atoms with E-state index in [1.807, 2.05) is 6.92 Å². The van der Waals surface area contributed by atoms with E-state index in [2.05, 4.69) is 0 Å². The summed E-state index contributed by atoms with van der Waals surface area (Å²) in [5, 5.41) is 8.78. The molecule has 0 aromatic heterocycles. The second-order valence-corrected chi connectivity index (χ2v) is 5.99. The second-order valence-electron chi connectivity index (χ2n) is 3.94. The fraction of sp³-hybridized carbons (Fsp3) is 0.500. The molecular weight excluding hydrogens is 238 g/mol. The SMILES string of the molecule is CCCN(C)S(=O)(=O)c1ccc(CCO)cc1. The average molecular weight is 257 g/mol. The quantitative estimate of drug-likeness (QED) is 0.834. The number of hydrogen-bond donors (Lipinski definition) is 1. The third-order valence-electron chi connectivity index (χ3n) is 2.57. The molecule has 96 valence electrons. The van der Waals surface area contributed by atoms with E-state index in [4.69, 9.17) is 5.11 Å². The molecule has 0 aliphatic heterocycles. The van der Waals surface area contributed by atoms with E-state index in [0.29, 0.717) is 17.9 Å². The summed E-state index contributed by atoms with van der Waals surface area (Å²) in [7, 11) is -1.78. The zero-order valence-corrected chi connectivity index (χ0v) is 11.1. The van der Waals surface area contributed by atoms with E-state index < -0.39 is 10.0 Å². The number of hydrogen-bond acceptors (Lipinski definition) is 3. The van der Waals surface area contributed by atoms with Crippen LogP contribution in [0.1, 0.15) is 18.9 Å². The van der Waals surface area contributed by atoms with Crippen LogP contribution in [-0.2, 0) is 16.4 Å². The fourth-order valence-electron chi connectivity index (χ4n) is 1.57. The molecule has 0 amide bonds. The van der Waals surface area contributed by atoms with Gasteiger partial charge >= 0.3 is 0 Å². The van der Waals surface area contributed by atoms with Crippen LogP contribution in [0.15, 0.2) is 29.2 Å². The zero-order chi connectivity index (χ0) is 12.9. The Morgan fingerprint density at radius 1 is 1.24 bits per heavy atom. The van der Waals surface area contributed by atoms with Crippen LogP contribution in [0.3, 0.4) is 0 Å². The van der Waals surface area contributed by atoms with E-state index in [1.54, 1.807) is 31.3 Å². The number of aliphatic hydroxyl groups excluding tert-OH is 1. The molecule has 0 heterocycles. The molecule has 4 nitrogen and oxygen atoms in total. The summed E-state index contributed by atoms with van der Waals surface area (Å²) >= 11 is 0. The highest BCUT2D eigenvalue weighted by molar-refractivity contribution is 7.89. The maximum absolute atomic E-state index is 12.1. The third kappa shape index (κ3) is 3.52. The highest BCUT2D eigenvalue weighted by Gasteiger charge is 2.19. The fourth-order valence-corrected chi connectivity index (χ4v) is 2.84. The van der Waals surface area contributed by atoms with Crippen molar-refractivity contribution in [3.05, 3.63) is 29.8 Å². The molecule has 0 fully saturated rings. The Morgan fingerprint density at radius 3 is 2.29 bits per heavy atom. The summed E-state index contributed by atoms with van der Waals surface area (Å²) in [6, 6.07) is 6.66. The smallest absolute Gasteiger partial charge is 0.242 e. The maximum Gasteiger partial charge on any atom is 0.242 e. The van der Waals surface area contributed by atoms with Crippen LogP contribution in [0.4, 0.5) is 0 Å². The highest BCUT2D eigenvalue weighted by Crippen LogP contribution is 2.15. The number of aliphatic hydroxyl groups is 1. The maximum atomic E-state index is 12.1. The van der Waals surface area contributed by atoms with Gasteiger partial charge in [0.1, 0.15) is 0 Å². The van der Waals surface area contributed by atoms with Crippen molar-refractivity contribution in [2.45, 2.75) is 24.7 Å². The Balaban J connectivity index is 2.92.